The zero-order valence-electron chi connectivity index (χ0n) is 12.3. The summed E-state index contributed by atoms with van der Waals surface area (Å²) in [7, 11) is 1.60. The number of nitrogens with zero attached hydrogens (tertiary/aromatic N) is 1. The summed E-state index contributed by atoms with van der Waals surface area (Å²) in [6.45, 7) is 5.01. The van der Waals surface area contributed by atoms with Gasteiger partial charge in [-0.2, -0.15) is 0 Å². The van der Waals surface area contributed by atoms with Crippen molar-refractivity contribution in [2.24, 2.45) is 5.92 Å². The van der Waals surface area contributed by atoms with E-state index in [0.717, 1.165) is 6.42 Å². The van der Waals surface area contributed by atoms with E-state index in [0.29, 0.717) is 19.6 Å². The van der Waals surface area contributed by atoms with Crippen LogP contribution in [0.5, 0.6) is 0 Å². The van der Waals surface area contributed by atoms with Crippen molar-refractivity contribution >= 4 is 12.0 Å². The smallest absolute Gasteiger partial charge is 0.318 e. The van der Waals surface area contributed by atoms with Crippen LogP contribution in [0.1, 0.15) is 26.7 Å². The van der Waals surface area contributed by atoms with Crippen LogP contribution in [0.25, 0.3) is 0 Å². The van der Waals surface area contributed by atoms with Crippen molar-refractivity contribution in [1.29, 1.82) is 0 Å². The van der Waals surface area contributed by atoms with Crippen molar-refractivity contribution in [3.8, 4) is 0 Å². The van der Waals surface area contributed by atoms with Crippen molar-refractivity contribution in [2.75, 3.05) is 20.3 Å². The predicted molar refractivity (Wildman–Crippen MR) is 75.5 cm³/mol. The molecule has 114 valence electrons. The third kappa shape index (κ3) is 4.52. The zero-order valence-corrected chi connectivity index (χ0v) is 12.3. The summed E-state index contributed by atoms with van der Waals surface area (Å²) in [5, 5.41) is 11.8. The molecular weight excluding hydrogens is 260 g/mol. The molecule has 0 bridgehead atoms. The molecule has 0 aromatic rings. The van der Waals surface area contributed by atoms with E-state index in [2.05, 4.69) is 5.32 Å². The van der Waals surface area contributed by atoms with Crippen molar-refractivity contribution < 1.29 is 19.4 Å². The van der Waals surface area contributed by atoms with Crippen LogP contribution in [-0.2, 0) is 9.53 Å². The van der Waals surface area contributed by atoms with Gasteiger partial charge in [0.05, 0.1) is 18.6 Å². The summed E-state index contributed by atoms with van der Waals surface area (Å²) < 4.78 is 5.02. The Morgan fingerprint density at radius 1 is 1.50 bits per heavy atom. The van der Waals surface area contributed by atoms with Gasteiger partial charge in [0, 0.05) is 19.7 Å². The first-order valence-corrected chi connectivity index (χ1v) is 6.96. The van der Waals surface area contributed by atoms with Crippen LogP contribution in [-0.4, -0.2) is 54.4 Å². The Bertz CT molecular complexity index is 370. The molecule has 0 spiro atoms. The molecule has 0 saturated heterocycles. The maximum absolute atomic E-state index is 12.3. The van der Waals surface area contributed by atoms with Gasteiger partial charge in [-0.1, -0.05) is 19.1 Å². The van der Waals surface area contributed by atoms with Crippen LogP contribution in [0.4, 0.5) is 4.79 Å². The first kappa shape index (κ1) is 16.5. The van der Waals surface area contributed by atoms with Crippen molar-refractivity contribution in [3.05, 3.63) is 12.2 Å². The number of carboxylic acids is 1. The van der Waals surface area contributed by atoms with Crippen LogP contribution in [0.2, 0.25) is 0 Å². The minimum atomic E-state index is -0.851. The van der Waals surface area contributed by atoms with Gasteiger partial charge >= 0.3 is 12.0 Å². The number of rotatable bonds is 7. The zero-order chi connectivity index (χ0) is 15.1. The predicted octanol–water partition coefficient (Wildman–Crippen LogP) is 1.47. The second-order valence-corrected chi connectivity index (χ2v) is 5.06. The van der Waals surface area contributed by atoms with E-state index in [4.69, 9.17) is 9.84 Å². The average molecular weight is 284 g/mol. The van der Waals surface area contributed by atoms with Gasteiger partial charge in [0.15, 0.2) is 0 Å². The molecule has 6 nitrogen and oxygen atoms in total. The molecule has 0 heterocycles. The number of ether oxygens (including phenoxy) is 1. The molecule has 1 rings (SSSR count). The maximum Gasteiger partial charge on any atom is 0.318 e. The summed E-state index contributed by atoms with van der Waals surface area (Å²) in [4.78, 5) is 24.9. The molecular formula is C14H24N2O4. The van der Waals surface area contributed by atoms with Gasteiger partial charge < -0.3 is 20.1 Å². The lowest BCUT2D eigenvalue weighted by molar-refractivity contribution is -0.140. The van der Waals surface area contributed by atoms with E-state index >= 15 is 0 Å². The molecule has 0 radical (unpaired) electrons. The van der Waals surface area contributed by atoms with Gasteiger partial charge in [0.25, 0.3) is 0 Å². The Morgan fingerprint density at radius 2 is 2.20 bits per heavy atom. The Balaban J connectivity index is 2.54. The molecule has 2 amide bonds. The number of hydrogen-bond acceptors (Lipinski definition) is 3. The quantitative estimate of drug-likeness (QED) is 0.694. The number of methoxy groups -OCH3 is 1. The molecule has 3 atom stereocenters. The van der Waals surface area contributed by atoms with Crippen molar-refractivity contribution in [3.63, 3.8) is 0 Å². The van der Waals surface area contributed by atoms with Crippen LogP contribution in [0, 0.1) is 5.92 Å². The summed E-state index contributed by atoms with van der Waals surface area (Å²) in [6, 6.07) is -0.263. The molecule has 3 unspecified atom stereocenters. The molecule has 1 aliphatic rings. The second-order valence-electron chi connectivity index (χ2n) is 5.06. The number of nitrogens with one attached hydrogen (secondary N) is 1. The summed E-state index contributed by atoms with van der Waals surface area (Å²) in [5.41, 5.74) is 0. The highest BCUT2D eigenvalue weighted by molar-refractivity contribution is 5.76. The van der Waals surface area contributed by atoms with Crippen molar-refractivity contribution in [2.45, 2.75) is 38.8 Å². The number of carboxylic acid groups (broad SMARTS) is 1. The molecule has 2 N–H and O–H groups in total. The molecule has 20 heavy (non-hydrogen) atoms. The van der Waals surface area contributed by atoms with E-state index in [1.165, 1.54) is 0 Å². The molecule has 6 heteroatoms. The van der Waals surface area contributed by atoms with Crippen molar-refractivity contribution in [1.82, 2.24) is 10.2 Å². The second kappa shape index (κ2) is 7.89. The fraction of sp³-hybridized carbons (Fsp3) is 0.714. The first-order valence-electron chi connectivity index (χ1n) is 6.96. The highest BCUT2D eigenvalue weighted by Crippen LogP contribution is 2.18. The van der Waals surface area contributed by atoms with Gasteiger partial charge in [-0.15, -0.1) is 0 Å². The fourth-order valence-corrected chi connectivity index (χ4v) is 2.16. The van der Waals surface area contributed by atoms with E-state index in [1.807, 2.05) is 13.8 Å². The first-order chi connectivity index (χ1) is 9.49. The minimum Gasteiger partial charge on any atom is -0.481 e. The van der Waals surface area contributed by atoms with Gasteiger partial charge in [-0.05, 0) is 19.8 Å². The van der Waals surface area contributed by atoms with E-state index in [1.54, 1.807) is 24.2 Å². The SMILES string of the molecule is CCC(C)N(CCOC)C(=O)NC1C=CC(C(=O)O)C1. The number of aliphatic carboxylic acids is 1. The maximum atomic E-state index is 12.3. The van der Waals surface area contributed by atoms with Gasteiger partial charge in [-0.25, -0.2) is 4.79 Å². The van der Waals surface area contributed by atoms with Crippen LogP contribution in [0.3, 0.4) is 0 Å². The number of hydrogen-bond donors (Lipinski definition) is 2. The summed E-state index contributed by atoms with van der Waals surface area (Å²) >= 11 is 0. The lowest BCUT2D eigenvalue weighted by Gasteiger charge is -2.29. The average Bonchev–Trinajstić information content (AvgIpc) is 2.87. The lowest BCUT2D eigenvalue weighted by Crippen LogP contribution is -2.49. The third-order valence-electron chi connectivity index (χ3n) is 3.63. The van der Waals surface area contributed by atoms with E-state index < -0.39 is 11.9 Å². The van der Waals surface area contributed by atoms with Gasteiger partial charge in [-0.3, -0.25) is 4.79 Å². The number of urea groups is 1. The third-order valence-corrected chi connectivity index (χ3v) is 3.63. The molecule has 0 aromatic carbocycles. The standard InChI is InChI=1S/C14H24N2O4/c1-4-10(2)16(7-8-20-3)14(19)15-12-6-5-11(9-12)13(17)18/h5-6,10-12H,4,7-9H2,1-3H3,(H,15,19)(H,17,18). The van der Waals surface area contributed by atoms with E-state index in [9.17, 15) is 9.59 Å². The number of carbonyl (C=O) groups is 2. The highest BCUT2D eigenvalue weighted by atomic mass is 16.5. The summed E-state index contributed by atoms with van der Waals surface area (Å²) in [5.74, 6) is -1.35. The monoisotopic (exact) mass is 284 g/mol. The molecule has 0 aromatic heterocycles. The summed E-state index contributed by atoms with van der Waals surface area (Å²) in [6.07, 6.45) is 4.66. The molecule has 0 saturated carbocycles. The van der Waals surface area contributed by atoms with Gasteiger partial charge in [0.1, 0.15) is 0 Å². The van der Waals surface area contributed by atoms with Crippen LogP contribution < -0.4 is 5.32 Å². The Labute approximate surface area is 119 Å². The minimum absolute atomic E-state index is 0.116. The van der Waals surface area contributed by atoms with E-state index in [-0.39, 0.29) is 18.1 Å². The number of carbonyl (C=O) groups excluding carboxylic acids is 1. The number of amides is 2. The normalized spacial score (nSPS) is 22.6. The molecule has 1 aliphatic carbocycles. The van der Waals surface area contributed by atoms with Gasteiger partial charge in [0.2, 0.25) is 0 Å². The fourth-order valence-electron chi connectivity index (χ4n) is 2.16. The van der Waals surface area contributed by atoms with Crippen LogP contribution in [0.15, 0.2) is 12.2 Å². The molecule has 0 aliphatic heterocycles. The molecule has 0 fully saturated rings. The topological polar surface area (TPSA) is 78.9 Å². The highest BCUT2D eigenvalue weighted by Gasteiger charge is 2.27. The largest absolute Gasteiger partial charge is 0.481 e. The Kier molecular flexibility index (Phi) is 6.51. The lowest BCUT2D eigenvalue weighted by atomic mass is 10.1. The van der Waals surface area contributed by atoms with Crippen LogP contribution >= 0.6 is 0 Å². The Morgan fingerprint density at radius 3 is 2.70 bits per heavy atom. The Hall–Kier alpha value is -1.56.